The number of carbonyl (C=O) groups is 1. The van der Waals surface area contributed by atoms with E-state index in [2.05, 4.69) is 30.3 Å². The molecule has 1 aliphatic rings. The molecule has 0 aliphatic heterocycles. The maximum absolute atomic E-state index is 13.7. The molecule has 1 saturated carbocycles. The highest BCUT2D eigenvalue weighted by Crippen LogP contribution is 2.41. The molecule has 11 heteroatoms. The van der Waals surface area contributed by atoms with Gasteiger partial charge in [0.2, 0.25) is 5.95 Å². The van der Waals surface area contributed by atoms with Crippen LogP contribution in [0.25, 0.3) is 22.2 Å². The maximum Gasteiger partial charge on any atom is 0.419 e. The first kappa shape index (κ1) is 21.2. The number of aromatic nitrogens is 3. The summed E-state index contributed by atoms with van der Waals surface area (Å²) in [5.74, 6) is 0.152. The van der Waals surface area contributed by atoms with Gasteiger partial charge >= 0.3 is 12.3 Å². The number of amides is 1. The minimum Gasteiger partial charge on any atom is -0.453 e. The summed E-state index contributed by atoms with van der Waals surface area (Å²) in [6.45, 7) is 0. The Kier molecular flexibility index (Phi) is 5.65. The van der Waals surface area contributed by atoms with Gasteiger partial charge in [-0.2, -0.15) is 13.2 Å². The van der Waals surface area contributed by atoms with Crippen LogP contribution in [0.3, 0.4) is 0 Å². The van der Waals surface area contributed by atoms with E-state index in [0.29, 0.717) is 10.9 Å². The fraction of sp³-hybridized carbons (Fsp3) is 0.350. The van der Waals surface area contributed by atoms with E-state index >= 15 is 0 Å². The van der Waals surface area contributed by atoms with E-state index < -0.39 is 17.8 Å². The van der Waals surface area contributed by atoms with Gasteiger partial charge in [0.25, 0.3) is 0 Å². The van der Waals surface area contributed by atoms with E-state index in [1.807, 2.05) is 0 Å². The Labute approximate surface area is 180 Å². The van der Waals surface area contributed by atoms with Crippen LogP contribution in [-0.4, -0.2) is 34.2 Å². The smallest absolute Gasteiger partial charge is 0.419 e. The Balaban J connectivity index is 1.79. The second-order valence-electron chi connectivity index (χ2n) is 7.25. The van der Waals surface area contributed by atoms with Crippen molar-refractivity contribution in [1.29, 1.82) is 0 Å². The lowest BCUT2D eigenvalue weighted by Gasteiger charge is -2.16. The number of alkyl halides is 3. The molecule has 0 bridgehead atoms. The lowest BCUT2D eigenvalue weighted by molar-refractivity contribution is -0.137. The number of nitrogens with one attached hydrogen (secondary N) is 3. The number of aromatic amines is 1. The van der Waals surface area contributed by atoms with E-state index in [4.69, 9.17) is 11.6 Å². The molecule has 1 amide bonds. The zero-order valence-electron chi connectivity index (χ0n) is 16.4. The average Bonchev–Trinajstić information content (AvgIpc) is 3.39. The Bertz CT molecular complexity index is 1130. The Hall–Kier alpha value is -3.01. The Morgan fingerprint density at radius 3 is 2.71 bits per heavy atom. The molecule has 1 aliphatic carbocycles. The SMILES string of the molecule is COC(=O)Nc1ccc2c(-c3nc(NC4CCCC4)ncc3C(F)(F)F)c[nH]c2c1Cl. The fourth-order valence-electron chi connectivity index (χ4n) is 3.73. The number of ether oxygens (including phenoxy) is 1. The number of carbonyl (C=O) groups excluding carboxylic acids is 1. The molecular formula is C20H19ClF3N5O2. The van der Waals surface area contributed by atoms with E-state index in [1.54, 1.807) is 6.07 Å². The van der Waals surface area contributed by atoms with Gasteiger partial charge < -0.3 is 15.0 Å². The van der Waals surface area contributed by atoms with Crippen molar-refractivity contribution in [3.8, 4) is 11.3 Å². The second-order valence-corrected chi connectivity index (χ2v) is 7.63. The Morgan fingerprint density at radius 1 is 1.29 bits per heavy atom. The molecular weight excluding hydrogens is 435 g/mol. The van der Waals surface area contributed by atoms with Gasteiger partial charge in [-0.05, 0) is 25.0 Å². The third-order valence-corrected chi connectivity index (χ3v) is 5.65. The summed E-state index contributed by atoms with van der Waals surface area (Å²) < 4.78 is 45.7. The monoisotopic (exact) mass is 453 g/mol. The lowest BCUT2D eigenvalue weighted by atomic mass is 10.1. The van der Waals surface area contributed by atoms with Crippen molar-refractivity contribution in [2.24, 2.45) is 0 Å². The summed E-state index contributed by atoms with van der Waals surface area (Å²) in [6, 6.07) is 3.20. The van der Waals surface area contributed by atoms with Crippen LogP contribution in [0.5, 0.6) is 0 Å². The molecule has 31 heavy (non-hydrogen) atoms. The Morgan fingerprint density at radius 2 is 2.03 bits per heavy atom. The van der Waals surface area contributed by atoms with Crippen molar-refractivity contribution in [1.82, 2.24) is 15.0 Å². The molecule has 2 aromatic heterocycles. The third kappa shape index (κ3) is 4.25. The van der Waals surface area contributed by atoms with Crippen molar-refractivity contribution < 1.29 is 22.7 Å². The summed E-state index contributed by atoms with van der Waals surface area (Å²) in [4.78, 5) is 22.5. The van der Waals surface area contributed by atoms with Gasteiger partial charge in [0.05, 0.1) is 29.0 Å². The minimum absolute atomic E-state index is 0.140. The van der Waals surface area contributed by atoms with Gasteiger partial charge in [0.15, 0.2) is 0 Å². The highest BCUT2D eigenvalue weighted by Gasteiger charge is 2.36. The summed E-state index contributed by atoms with van der Waals surface area (Å²) in [7, 11) is 1.21. The lowest BCUT2D eigenvalue weighted by Crippen LogP contribution is -2.18. The number of halogens is 4. The molecule has 2 heterocycles. The minimum atomic E-state index is -4.64. The van der Waals surface area contributed by atoms with E-state index in [9.17, 15) is 18.0 Å². The van der Waals surface area contributed by atoms with Gasteiger partial charge in [0, 0.05) is 29.4 Å². The van der Waals surface area contributed by atoms with Crippen LogP contribution >= 0.6 is 11.6 Å². The second kappa shape index (κ2) is 8.26. The number of benzene rings is 1. The molecule has 0 atom stereocenters. The van der Waals surface area contributed by atoms with Crippen molar-refractivity contribution in [3.05, 3.63) is 35.1 Å². The van der Waals surface area contributed by atoms with Gasteiger partial charge in [-0.25, -0.2) is 14.8 Å². The number of anilines is 2. The summed E-state index contributed by atoms with van der Waals surface area (Å²) in [5, 5.41) is 6.16. The quantitative estimate of drug-likeness (QED) is 0.462. The zero-order valence-corrected chi connectivity index (χ0v) is 17.2. The van der Waals surface area contributed by atoms with Crippen LogP contribution in [0.4, 0.5) is 29.6 Å². The first-order valence-electron chi connectivity index (χ1n) is 9.63. The molecule has 7 nitrogen and oxygen atoms in total. The zero-order chi connectivity index (χ0) is 22.2. The number of hydrogen-bond acceptors (Lipinski definition) is 5. The third-order valence-electron chi connectivity index (χ3n) is 5.25. The molecule has 0 saturated heterocycles. The van der Waals surface area contributed by atoms with Gasteiger partial charge in [-0.15, -0.1) is 0 Å². The van der Waals surface area contributed by atoms with Gasteiger partial charge in [-0.1, -0.05) is 24.4 Å². The largest absolute Gasteiger partial charge is 0.453 e. The number of hydrogen-bond donors (Lipinski definition) is 3. The molecule has 0 radical (unpaired) electrons. The van der Waals surface area contributed by atoms with E-state index in [0.717, 1.165) is 31.9 Å². The van der Waals surface area contributed by atoms with Crippen LogP contribution in [0.1, 0.15) is 31.2 Å². The first-order chi connectivity index (χ1) is 14.8. The standard InChI is InChI=1S/C20H19ClF3N5O2/c1-31-19(30)28-14-7-6-11-12(8-25-17(11)15(14)21)16-13(20(22,23)24)9-26-18(29-16)27-10-4-2-3-5-10/h6-10,25H,2-5H2,1H3,(H,28,30)(H,26,27,29). The number of rotatable bonds is 4. The summed E-state index contributed by atoms with van der Waals surface area (Å²) in [5.41, 5.74) is -0.345. The molecule has 0 unspecified atom stereocenters. The topological polar surface area (TPSA) is 91.9 Å². The molecule has 3 aromatic rings. The van der Waals surface area contributed by atoms with Crippen molar-refractivity contribution in [2.75, 3.05) is 17.7 Å². The predicted molar refractivity (Wildman–Crippen MR) is 111 cm³/mol. The fourth-order valence-corrected chi connectivity index (χ4v) is 4.00. The molecule has 1 fully saturated rings. The van der Waals surface area contributed by atoms with Gasteiger partial charge in [-0.3, -0.25) is 5.32 Å². The van der Waals surface area contributed by atoms with Crippen LogP contribution in [0, 0.1) is 0 Å². The van der Waals surface area contributed by atoms with E-state index in [-0.39, 0.29) is 34.0 Å². The highest BCUT2D eigenvalue weighted by atomic mass is 35.5. The number of nitrogens with zero attached hydrogens (tertiary/aromatic N) is 2. The molecule has 0 spiro atoms. The number of methoxy groups -OCH3 is 1. The number of H-pyrrole nitrogens is 1. The van der Waals surface area contributed by atoms with Crippen molar-refractivity contribution in [3.63, 3.8) is 0 Å². The number of fused-ring (bicyclic) bond motifs is 1. The summed E-state index contributed by atoms with van der Waals surface area (Å²) >= 11 is 6.35. The molecule has 4 rings (SSSR count). The van der Waals surface area contributed by atoms with E-state index in [1.165, 1.54) is 19.4 Å². The van der Waals surface area contributed by atoms with Crippen molar-refractivity contribution >= 4 is 40.2 Å². The predicted octanol–water partition coefficient (Wildman–Crippen LogP) is 5.83. The van der Waals surface area contributed by atoms with Crippen molar-refractivity contribution in [2.45, 2.75) is 37.9 Å². The normalized spacial score (nSPS) is 14.7. The molecule has 164 valence electrons. The highest BCUT2D eigenvalue weighted by molar-refractivity contribution is 6.38. The molecule has 3 N–H and O–H groups in total. The summed E-state index contributed by atoms with van der Waals surface area (Å²) in [6.07, 6.45) is 0.841. The average molecular weight is 454 g/mol. The van der Waals surface area contributed by atoms with Crippen LogP contribution in [0.2, 0.25) is 5.02 Å². The van der Waals surface area contributed by atoms with Crippen LogP contribution in [0.15, 0.2) is 24.5 Å². The first-order valence-corrected chi connectivity index (χ1v) is 10.0. The van der Waals surface area contributed by atoms with Crippen LogP contribution in [-0.2, 0) is 10.9 Å². The van der Waals surface area contributed by atoms with Crippen LogP contribution < -0.4 is 10.6 Å². The molecule has 1 aromatic carbocycles. The van der Waals surface area contributed by atoms with Gasteiger partial charge in [0.1, 0.15) is 5.56 Å². The maximum atomic E-state index is 13.7.